The van der Waals surface area contributed by atoms with Crippen LogP contribution < -0.4 is 5.32 Å². The molecule has 0 amide bonds. The number of H-pyrrole nitrogens is 1. The van der Waals surface area contributed by atoms with Crippen molar-refractivity contribution in [2.75, 3.05) is 13.2 Å². The summed E-state index contributed by atoms with van der Waals surface area (Å²) in [5, 5.41) is 17.2. The molecular weight excluding hydrogens is 361 g/mol. The number of rotatable bonds is 6. The summed E-state index contributed by atoms with van der Waals surface area (Å²) in [6.45, 7) is 1.33. The Labute approximate surface area is 165 Å². The Morgan fingerprint density at radius 1 is 1.21 bits per heavy atom. The highest BCUT2D eigenvalue weighted by molar-refractivity contribution is 5.76. The number of carbonyl (C=O) groups is 1. The standard InChI is InChI=1S/C20H32FN5O2/c21-20(9-7-18-23-25-26-24-18)8-6-15-12-22-17(10-16(15)11-20)19(27)28-13-14-4-2-1-3-5-14/h14-17,22H,1-13H2,(H,23,24,25,26)/t15-,16-,17-,20-/m0/s1. The van der Waals surface area contributed by atoms with Gasteiger partial charge in [0, 0.05) is 6.42 Å². The van der Waals surface area contributed by atoms with Gasteiger partial charge in [0.2, 0.25) is 0 Å². The average molecular weight is 394 g/mol. The van der Waals surface area contributed by atoms with Gasteiger partial charge in [-0.1, -0.05) is 24.5 Å². The highest BCUT2D eigenvalue weighted by Crippen LogP contribution is 2.44. The van der Waals surface area contributed by atoms with Crippen molar-refractivity contribution in [3.63, 3.8) is 0 Å². The Morgan fingerprint density at radius 2 is 2.07 bits per heavy atom. The molecule has 1 aromatic rings. The smallest absolute Gasteiger partial charge is 0.323 e. The lowest BCUT2D eigenvalue weighted by Gasteiger charge is -2.44. The van der Waals surface area contributed by atoms with E-state index >= 15 is 4.39 Å². The number of tetrazole rings is 1. The molecule has 8 heteroatoms. The van der Waals surface area contributed by atoms with Crippen molar-refractivity contribution < 1.29 is 13.9 Å². The lowest BCUT2D eigenvalue weighted by atomic mass is 9.67. The van der Waals surface area contributed by atoms with Crippen LogP contribution in [0.5, 0.6) is 0 Å². The van der Waals surface area contributed by atoms with E-state index in [1.165, 1.54) is 32.1 Å². The average Bonchev–Trinajstić information content (AvgIpc) is 3.25. The summed E-state index contributed by atoms with van der Waals surface area (Å²) in [5.41, 5.74) is -1.20. The van der Waals surface area contributed by atoms with Gasteiger partial charge in [-0.05, 0) is 69.2 Å². The van der Waals surface area contributed by atoms with Crippen molar-refractivity contribution in [1.29, 1.82) is 0 Å². The molecule has 4 atom stereocenters. The second-order valence-corrected chi connectivity index (χ2v) is 9.07. The van der Waals surface area contributed by atoms with E-state index in [1.807, 2.05) is 0 Å². The summed E-state index contributed by atoms with van der Waals surface area (Å²) >= 11 is 0. The third-order valence-electron chi connectivity index (χ3n) is 7.08. The lowest BCUT2D eigenvalue weighted by Crippen LogP contribution is -2.52. The Balaban J connectivity index is 1.26. The number of nitrogens with one attached hydrogen (secondary N) is 2. The van der Waals surface area contributed by atoms with Gasteiger partial charge in [-0.15, -0.1) is 10.2 Å². The second-order valence-electron chi connectivity index (χ2n) is 9.07. The summed E-state index contributed by atoms with van der Waals surface area (Å²) in [7, 11) is 0. The fourth-order valence-corrected chi connectivity index (χ4v) is 5.33. The van der Waals surface area contributed by atoms with Crippen LogP contribution >= 0.6 is 0 Å². The zero-order valence-electron chi connectivity index (χ0n) is 16.5. The van der Waals surface area contributed by atoms with Crippen molar-refractivity contribution in [3.8, 4) is 0 Å². The van der Waals surface area contributed by atoms with E-state index in [0.717, 1.165) is 13.0 Å². The number of aryl methyl sites for hydroxylation is 1. The lowest BCUT2D eigenvalue weighted by molar-refractivity contribution is -0.150. The van der Waals surface area contributed by atoms with E-state index in [1.54, 1.807) is 0 Å². The molecule has 0 aromatic carbocycles. The number of hydrogen-bond donors (Lipinski definition) is 2. The largest absolute Gasteiger partial charge is 0.464 e. The monoisotopic (exact) mass is 393 g/mol. The van der Waals surface area contributed by atoms with Gasteiger partial charge in [-0.25, -0.2) is 4.39 Å². The van der Waals surface area contributed by atoms with Crippen molar-refractivity contribution in [2.24, 2.45) is 17.8 Å². The molecule has 3 aliphatic rings. The van der Waals surface area contributed by atoms with Crippen LogP contribution in [0.1, 0.15) is 70.0 Å². The van der Waals surface area contributed by atoms with Gasteiger partial charge in [0.05, 0.1) is 6.61 Å². The van der Waals surface area contributed by atoms with Gasteiger partial charge in [-0.2, -0.15) is 5.21 Å². The summed E-state index contributed by atoms with van der Waals surface area (Å²) in [4.78, 5) is 12.6. The van der Waals surface area contributed by atoms with Gasteiger partial charge in [0.1, 0.15) is 11.7 Å². The molecule has 28 heavy (non-hydrogen) atoms. The van der Waals surface area contributed by atoms with Crippen LogP contribution in [-0.2, 0) is 16.0 Å². The van der Waals surface area contributed by atoms with Crippen molar-refractivity contribution >= 4 is 5.97 Å². The Morgan fingerprint density at radius 3 is 2.86 bits per heavy atom. The Hall–Kier alpha value is -1.57. The molecule has 7 nitrogen and oxygen atoms in total. The van der Waals surface area contributed by atoms with E-state index in [2.05, 4.69) is 25.9 Å². The third kappa shape index (κ3) is 4.88. The van der Waals surface area contributed by atoms with Gasteiger partial charge in [-0.3, -0.25) is 4.79 Å². The number of fused-ring (bicyclic) bond motifs is 1. The van der Waals surface area contributed by atoms with Crippen LogP contribution in [0, 0.1) is 17.8 Å². The minimum absolute atomic E-state index is 0.147. The molecular formula is C20H32FN5O2. The number of aromatic amines is 1. The molecule has 2 N–H and O–H groups in total. The van der Waals surface area contributed by atoms with Crippen LogP contribution in [0.3, 0.4) is 0 Å². The molecule has 0 unspecified atom stereocenters. The van der Waals surface area contributed by atoms with Crippen LogP contribution in [0.15, 0.2) is 0 Å². The van der Waals surface area contributed by atoms with E-state index in [4.69, 9.17) is 4.74 Å². The molecule has 0 bridgehead atoms. The van der Waals surface area contributed by atoms with Crippen LogP contribution in [0.25, 0.3) is 0 Å². The molecule has 1 aromatic heterocycles. The number of halogens is 1. The molecule has 2 heterocycles. The Kier molecular flexibility index (Phi) is 6.23. The first kappa shape index (κ1) is 19.7. The maximum absolute atomic E-state index is 15.4. The molecule has 1 saturated heterocycles. The summed E-state index contributed by atoms with van der Waals surface area (Å²) in [5.74, 6) is 1.63. The maximum atomic E-state index is 15.4. The van der Waals surface area contributed by atoms with Crippen LogP contribution in [-0.4, -0.2) is 51.5 Å². The second kappa shape index (κ2) is 8.84. The molecule has 1 aliphatic heterocycles. The summed E-state index contributed by atoms with van der Waals surface area (Å²) in [6.07, 6.45) is 9.68. The minimum Gasteiger partial charge on any atom is -0.464 e. The Bertz CT molecular complexity index is 637. The quantitative estimate of drug-likeness (QED) is 0.722. The molecule has 156 valence electrons. The van der Waals surface area contributed by atoms with Crippen LogP contribution in [0.4, 0.5) is 4.39 Å². The predicted molar refractivity (Wildman–Crippen MR) is 101 cm³/mol. The first-order valence-corrected chi connectivity index (χ1v) is 10.9. The van der Waals surface area contributed by atoms with E-state index < -0.39 is 5.67 Å². The molecule has 3 fully saturated rings. The fourth-order valence-electron chi connectivity index (χ4n) is 5.33. The number of aromatic nitrogens is 4. The van der Waals surface area contributed by atoms with Gasteiger partial charge >= 0.3 is 5.97 Å². The first-order chi connectivity index (χ1) is 13.6. The molecule has 2 saturated carbocycles. The molecule has 2 aliphatic carbocycles. The van der Waals surface area contributed by atoms with E-state index in [9.17, 15) is 4.79 Å². The van der Waals surface area contributed by atoms with E-state index in [-0.39, 0.29) is 17.9 Å². The highest BCUT2D eigenvalue weighted by atomic mass is 19.1. The molecule has 0 radical (unpaired) electrons. The summed E-state index contributed by atoms with van der Waals surface area (Å²) in [6, 6.07) is -0.288. The number of nitrogens with zero attached hydrogens (tertiary/aromatic N) is 3. The number of hydrogen-bond acceptors (Lipinski definition) is 6. The van der Waals surface area contributed by atoms with Gasteiger partial charge < -0.3 is 10.1 Å². The van der Waals surface area contributed by atoms with Crippen molar-refractivity contribution in [1.82, 2.24) is 25.9 Å². The highest BCUT2D eigenvalue weighted by Gasteiger charge is 2.44. The topological polar surface area (TPSA) is 92.8 Å². The van der Waals surface area contributed by atoms with E-state index in [0.29, 0.717) is 56.4 Å². The predicted octanol–water partition coefficient (Wildman–Crippen LogP) is 2.74. The van der Waals surface area contributed by atoms with Crippen molar-refractivity contribution in [2.45, 2.75) is 82.3 Å². The normalized spacial score (nSPS) is 34.0. The fraction of sp³-hybridized carbons (Fsp3) is 0.900. The van der Waals surface area contributed by atoms with Crippen molar-refractivity contribution in [3.05, 3.63) is 5.82 Å². The zero-order chi connectivity index (χ0) is 19.4. The third-order valence-corrected chi connectivity index (χ3v) is 7.08. The van der Waals surface area contributed by atoms with Gasteiger partial charge in [0.15, 0.2) is 5.82 Å². The number of carbonyl (C=O) groups excluding carboxylic acids is 1. The number of alkyl halides is 1. The first-order valence-electron chi connectivity index (χ1n) is 10.9. The summed E-state index contributed by atoms with van der Waals surface area (Å²) < 4.78 is 21.1. The number of ether oxygens (including phenoxy) is 1. The minimum atomic E-state index is -1.20. The SMILES string of the molecule is O=C(OCC1CCCCC1)[C@@H]1C[C@H]2C[C@@](F)(CCc3nn[nH]n3)CC[C@H]2CN1. The van der Waals surface area contributed by atoms with Gasteiger partial charge in [0.25, 0.3) is 0 Å². The van der Waals surface area contributed by atoms with Crippen LogP contribution in [0.2, 0.25) is 0 Å². The molecule has 0 spiro atoms. The molecule has 4 rings (SSSR count). The number of esters is 1. The zero-order valence-corrected chi connectivity index (χ0v) is 16.5. The number of piperidine rings is 1. The maximum Gasteiger partial charge on any atom is 0.323 e.